The molecule has 1 heterocycles. The lowest BCUT2D eigenvalue weighted by molar-refractivity contribution is 0.662. The van der Waals surface area contributed by atoms with Crippen molar-refractivity contribution in [1.82, 2.24) is 4.57 Å². The number of para-hydroxylation sites is 1. The molecule has 0 saturated carbocycles. The minimum Gasteiger partial charge on any atom is -0.317 e. The highest BCUT2D eigenvalue weighted by Gasteiger charge is 2.23. The second-order valence-corrected chi connectivity index (χ2v) is 6.13. The van der Waals surface area contributed by atoms with Crippen molar-refractivity contribution in [3.8, 4) is 16.8 Å². The van der Waals surface area contributed by atoms with Crippen molar-refractivity contribution in [3.63, 3.8) is 0 Å². The molecule has 0 amide bonds. The van der Waals surface area contributed by atoms with E-state index in [2.05, 4.69) is 72.2 Å². The van der Waals surface area contributed by atoms with Crippen LogP contribution in [-0.2, 0) is 12.8 Å². The largest absolute Gasteiger partial charge is 0.317 e. The van der Waals surface area contributed by atoms with Gasteiger partial charge in [-0.05, 0) is 55.9 Å². The Balaban J connectivity index is 1.99. The van der Waals surface area contributed by atoms with Gasteiger partial charge in [-0.3, -0.25) is 0 Å². The Bertz CT molecular complexity index is 715. The summed E-state index contributed by atoms with van der Waals surface area (Å²) in [4.78, 5) is 0. The van der Waals surface area contributed by atoms with Gasteiger partial charge in [-0.15, -0.1) is 0 Å². The maximum absolute atomic E-state index is 2.48. The molecule has 1 aromatic heterocycles. The van der Waals surface area contributed by atoms with Crippen LogP contribution < -0.4 is 0 Å². The average Bonchev–Trinajstić information content (AvgIpc) is 2.88. The molecule has 0 radical (unpaired) electrons. The van der Waals surface area contributed by atoms with Crippen LogP contribution in [0, 0.1) is 6.92 Å². The van der Waals surface area contributed by atoms with Gasteiger partial charge in [-0.25, -0.2) is 0 Å². The van der Waals surface area contributed by atoms with E-state index in [-0.39, 0.29) is 0 Å². The van der Waals surface area contributed by atoms with E-state index in [1.54, 1.807) is 5.56 Å². The Hall–Kier alpha value is -2.28. The van der Waals surface area contributed by atoms with E-state index in [0.29, 0.717) is 0 Å². The van der Waals surface area contributed by atoms with Crippen LogP contribution in [-0.4, -0.2) is 4.57 Å². The van der Waals surface area contributed by atoms with E-state index in [1.807, 2.05) is 0 Å². The minimum atomic E-state index is 1.19. The van der Waals surface area contributed by atoms with E-state index in [9.17, 15) is 0 Å². The molecule has 0 N–H and O–H groups in total. The summed E-state index contributed by atoms with van der Waals surface area (Å²) in [6.07, 6.45) is 5.01. The molecule has 1 aliphatic rings. The molecular weight excluding hydrogens is 266 g/mol. The molecule has 0 spiro atoms. The summed E-state index contributed by atoms with van der Waals surface area (Å²) in [5.41, 5.74) is 8.57. The second kappa shape index (κ2) is 5.49. The summed E-state index contributed by atoms with van der Waals surface area (Å²) in [6, 6.07) is 21.7. The van der Waals surface area contributed by atoms with Gasteiger partial charge in [-0.2, -0.15) is 0 Å². The maximum atomic E-state index is 2.48. The first-order valence-electron chi connectivity index (χ1n) is 8.20. The lowest BCUT2D eigenvalue weighted by atomic mass is 9.91. The first-order valence-corrected chi connectivity index (χ1v) is 8.20. The molecule has 2 aromatic carbocycles. The number of hydrogen-bond acceptors (Lipinski definition) is 0. The molecule has 1 heteroatoms. The van der Waals surface area contributed by atoms with Crippen LogP contribution in [0.4, 0.5) is 0 Å². The van der Waals surface area contributed by atoms with Crippen molar-refractivity contribution in [2.24, 2.45) is 0 Å². The van der Waals surface area contributed by atoms with Crippen LogP contribution in [0.5, 0.6) is 0 Å². The number of hydrogen-bond donors (Lipinski definition) is 0. The first kappa shape index (κ1) is 13.4. The van der Waals surface area contributed by atoms with Gasteiger partial charge in [0.2, 0.25) is 0 Å². The van der Waals surface area contributed by atoms with Crippen molar-refractivity contribution in [2.75, 3.05) is 0 Å². The molecule has 3 aromatic rings. The molecular formula is C21H21N. The topological polar surface area (TPSA) is 4.93 Å². The number of rotatable bonds is 2. The quantitative estimate of drug-likeness (QED) is 0.600. The average molecular weight is 287 g/mol. The summed E-state index contributed by atoms with van der Waals surface area (Å²) in [7, 11) is 0. The zero-order chi connectivity index (χ0) is 14.9. The summed E-state index contributed by atoms with van der Waals surface area (Å²) < 4.78 is 2.48. The first-order chi connectivity index (χ1) is 10.9. The Morgan fingerprint density at radius 2 is 1.41 bits per heavy atom. The lowest BCUT2D eigenvalue weighted by Crippen LogP contribution is -2.07. The van der Waals surface area contributed by atoms with E-state index in [4.69, 9.17) is 0 Å². The van der Waals surface area contributed by atoms with Gasteiger partial charge >= 0.3 is 0 Å². The van der Waals surface area contributed by atoms with Crippen LogP contribution in [0.25, 0.3) is 16.8 Å². The molecule has 0 fully saturated rings. The van der Waals surface area contributed by atoms with Crippen molar-refractivity contribution in [3.05, 3.63) is 77.6 Å². The molecule has 110 valence electrons. The Labute approximate surface area is 132 Å². The lowest BCUT2D eigenvalue weighted by Gasteiger charge is -2.16. The molecule has 0 atom stereocenters. The molecule has 4 rings (SSSR count). The fraction of sp³-hybridized carbons (Fsp3) is 0.238. The smallest absolute Gasteiger partial charge is 0.0455 e. The highest BCUT2D eigenvalue weighted by Crippen LogP contribution is 2.38. The predicted octanol–water partition coefficient (Wildman–Crippen LogP) is 5.33. The Morgan fingerprint density at radius 3 is 2.14 bits per heavy atom. The van der Waals surface area contributed by atoms with Gasteiger partial charge in [0, 0.05) is 22.6 Å². The van der Waals surface area contributed by atoms with Crippen LogP contribution in [0.1, 0.15) is 29.8 Å². The third-order valence-electron chi connectivity index (χ3n) is 4.78. The van der Waals surface area contributed by atoms with Crippen LogP contribution >= 0.6 is 0 Å². The standard InChI is InChI=1S/C21H21N/c1-16-21(17-10-4-2-5-11-17)19-14-8-9-15-20(19)22(16)18-12-6-3-7-13-18/h2-7,10-13H,8-9,14-15H2,1H3. The van der Waals surface area contributed by atoms with Crippen molar-refractivity contribution in [1.29, 1.82) is 0 Å². The minimum absolute atomic E-state index is 1.19. The van der Waals surface area contributed by atoms with E-state index >= 15 is 0 Å². The third kappa shape index (κ3) is 2.09. The van der Waals surface area contributed by atoms with Crippen LogP contribution in [0.2, 0.25) is 0 Å². The summed E-state index contributed by atoms with van der Waals surface area (Å²) in [5.74, 6) is 0. The summed E-state index contributed by atoms with van der Waals surface area (Å²) in [6.45, 7) is 2.27. The third-order valence-corrected chi connectivity index (χ3v) is 4.78. The zero-order valence-corrected chi connectivity index (χ0v) is 13.0. The van der Waals surface area contributed by atoms with Crippen molar-refractivity contribution in [2.45, 2.75) is 32.6 Å². The normalized spacial score (nSPS) is 13.9. The highest BCUT2D eigenvalue weighted by molar-refractivity contribution is 5.73. The summed E-state index contributed by atoms with van der Waals surface area (Å²) >= 11 is 0. The molecule has 0 saturated heterocycles. The molecule has 0 unspecified atom stereocenters. The van der Waals surface area contributed by atoms with Crippen LogP contribution in [0.15, 0.2) is 60.7 Å². The van der Waals surface area contributed by atoms with E-state index in [1.165, 1.54) is 53.9 Å². The molecule has 1 aliphatic carbocycles. The van der Waals surface area contributed by atoms with Gasteiger partial charge in [0.05, 0.1) is 0 Å². The van der Waals surface area contributed by atoms with E-state index < -0.39 is 0 Å². The monoisotopic (exact) mass is 287 g/mol. The number of fused-ring (bicyclic) bond motifs is 1. The van der Waals surface area contributed by atoms with Gasteiger partial charge in [0.15, 0.2) is 0 Å². The maximum Gasteiger partial charge on any atom is 0.0455 e. The fourth-order valence-electron chi connectivity index (χ4n) is 3.85. The van der Waals surface area contributed by atoms with Crippen molar-refractivity contribution < 1.29 is 0 Å². The van der Waals surface area contributed by atoms with Crippen LogP contribution in [0.3, 0.4) is 0 Å². The Morgan fingerprint density at radius 1 is 0.773 bits per heavy atom. The SMILES string of the molecule is Cc1c(-c2ccccc2)c2c(n1-c1ccccc1)CCCC2. The zero-order valence-electron chi connectivity index (χ0n) is 13.0. The van der Waals surface area contributed by atoms with E-state index in [0.717, 1.165) is 0 Å². The molecule has 22 heavy (non-hydrogen) atoms. The number of benzene rings is 2. The predicted molar refractivity (Wildman–Crippen MR) is 92.6 cm³/mol. The van der Waals surface area contributed by atoms with Gasteiger partial charge < -0.3 is 4.57 Å². The fourth-order valence-corrected chi connectivity index (χ4v) is 3.85. The molecule has 1 nitrogen and oxygen atoms in total. The molecule has 0 aliphatic heterocycles. The van der Waals surface area contributed by atoms with Crippen molar-refractivity contribution >= 4 is 0 Å². The van der Waals surface area contributed by atoms with Gasteiger partial charge in [0.25, 0.3) is 0 Å². The van der Waals surface area contributed by atoms with Gasteiger partial charge in [-0.1, -0.05) is 48.5 Å². The second-order valence-electron chi connectivity index (χ2n) is 6.13. The summed E-state index contributed by atoms with van der Waals surface area (Å²) in [5, 5.41) is 0. The number of nitrogens with zero attached hydrogens (tertiary/aromatic N) is 1. The Kier molecular flexibility index (Phi) is 3.34. The molecule has 0 bridgehead atoms. The van der Waals surface area contributed by atoms with Gasteiger partial charge in [0.1, 0.15) is 0 Å². The highest BCUT2D eigenvalue weighted by atomic mass is 15.0. The number of aromatic nitrogens is 1.